The minimum absolute atomic E-state index is 0.0163. The summed E-state index contributed by atoms with van der Waals surface area (Å²) >= 11 is 1.64. The van der Waals surface area contributed by atoms with E-state index < -0.39 is 0 Å². The first-order chi connectivity index (χ1) is 10.8. The predicted molar refractivity (Wildman–Crippen MR) is 84.5 cm³/mol. The van der Waals surface area contributed by atoms with Gasteiger partial charge in [-0.2, -0.15) is 0 Å². The molecule has 3 heterocycles. The number of ether oxygens (including phenoxy) is 1. The van der Waals surface area contributed by atoms with Crippen molar-refractivity contribution in [2.75, 3.05) is 19.7 Å². The van der Waals surface area contributed by atoms with Gasteiger partial charge in [0.05, 0.1) is 23.1 Å². The van der Waals surface area contributed by atoms with Gasteiger partial charge < -0.3 is 9.26 Å². The second kappa shape index (κ2) is 7.07. The lowest BCUT2D eigenvalue weighted by atomic mass is 9.98. The maximum Gasteiger partial charge on any atom is 0.310 e. The van der Waals surface area contributed by atoms with E-state index in [2.05, 4.69) is 10.1 Å². The van der Waals surface area contributed by atoms with E-state index in [9.17, 15) is 4.79 Å². The molecule has 0 saturated carbocycles. The Morgan fingerprint density at radius 1 is 1.59 bits per heavy atom. The highest BCUT2D eigenvalue weighted by atomic mass is 32.1. The molecule has 22 heavy (non-hydrogen) atoms. The lowest BCUT2D eigenvalue weighted by Crippen LogP contribution is -2.39. The topological polar surface area (TPSA) is 55.6 Å². The molecule has 0 bridgehead atoms. The molecule has 5 nitrogen and oxygen atoms in total. The van der Waals surface area contributed by atoms with Crippen LogP contribution in [0.5, 0.6) is 0 Å². The van der Waals surface area contributed by atoms with Crippen LogP contribution < -0.4 is 0 Å². The van der Waals surface area contributed by atoms with Crippen LogP contribution in [-0.2, 0) is 16.1 Å². The minimum Gasteiger partial charge on any atom is -0.466 e. The first kappa shape index (κ1) is 15.2. The van der Waals surface area contributed by atoms with Crippen molar-refractivity contribution in [3.05, 3.63) is 29.3 Å². The molecule has 3 rings (SSSR count). The molecule has 1 unspecified atom stereocenters. The van der Waals surface area contributed by atoms with Gasteiger partial charge in [-0.3, -0.25) is 9.69 Å². The first-order valence-electron chi connectivity index (χ1n) is 7.64. The number of likely N-dealkylation sites (tertiary alicyclic amines) is 1. The second-order valence-electron chi connectivity index (χ2n) is 5.49. The summed E-state index contributed by atoms with van der Waals surface area (Å²) < 4.78 is 10.5. The normalized spacial score (nSPS) is 19.2. The van der Waals surface area contributed by atoms with Crippen LogP contribution in [0.2, 0.25) is 0 Å². The van der Waals surface area contributed by atoms with Crippen molar-refractivity contribution in [3.63, 3.8) is 0 Å². The molecule has 0 aromatic carbocycles. The second-order valence-corrected chi connectivity index (χ2v) is 6.43. The monoisotopic (exact) mass is 320 g/mol. The van der Waals surface area contributed by atoms with Crippen LogP contribution in [0.1, 0.15) is 25.5 Å². The zero-order chi connectivity index (χ0) is 15.4. The van der Waals surface area contributed by atoms with Gasteiger partial charge in [0.25, 0.3) is 0 Å². The molecular weight excluding hydrogens is 300 g/mol. The van der Waals surface area contributed by atoms with Crippen molar-refractivity contribution in [1.82, 2.24) is 10.1 Å². The molecule has 1 saturated heterocycles. The van der Waals surface area contributed by atoms with E-state index in [4.69, 9.17) is 9.26 Å². The maximum absolute atomic E-state index is 11.9. The highest BCUT2D eigenvalue weighted by Crippen LogP contribution is 2.26. The van der Waals surface area contributed by atoms with E-state index in [-0.39, 0.29) is 11.9 Å². The Hall–Kier alpha value is -1.66. The van der Waals surface area contributed by atoms with Gasteiger partial charge in [-0.15, -0.1) is 11.3 Å². The van der Waals surface area contributed by atoms with Crippen LogP contribution >= 0.6 is 11.3 Å². The largest absolute Gasteiger partial charge is 0.466 e. The number of esters is 1. The Morgan fingerprint density at radius 3 is 3.27 bits per heavy atom. The fourth-order valence-electron chi connectivity index (χ4n) is 2.80. The van der Waals surface area contributed by atoms with E-state index >= 15 is 0 Å². The Balaban J connectivity index is 1.60. The molecule has 1 fully saturated rings. The third kappa shape index (κ3) is 3.56. The van der Waals surface area contributed by atoms with Gasteiger partial charge in [0, 0.05) is 19.2 Å². The Morgan fingerprint density at radius 2 is 2.50 bits per heavy atom. The molecule has 2 aromatic rings. The zero-order valence-corrected chi connectivity index (χ0v) is 13.5. The van der Waals surface area contributed by atoms with Crippen LogP contribution in [0.15, 0.2) is 28.1 Å². The van der Waals surface area contributed by atoms with Gasteiger partial charge in [-0.1, -0.05) is 11.2 Å². The Kier molecular flexibility index (Phi) is 4.90. The van der Waals surface area contributed by atoms with E-state index in [1.165, 1.54) is 0 Å². The molecule has 6 heteroatoms. The number of carbonyl (C=O) groups excluding carboxylic acids is 1. The number of thiophene rings is 1. The summed E-state index contributed by atoms with van der Waals surface area (Å²) in [6.45, 7) is 4.73. The maximum atomic E-state index is 11.9. The Labute approximate surface area is 133 Å². The number of nitrogens with zero attached hydrogens (tertiary/aromatic N) is 2. The first-order valence-corrected chi connectivity index (χ1v) is 8.52. The van der Waals surface area contributed by atoms with Crippen molar-refractivity contribution >= 4 is 17.3 Å². The molecule has 2 aromatic heterocycles. The minimum atomic E-state index is -0.0772. The van der Waals surface area contributed by atoms with Crippen LogP contribution in [0.4, 0.5) is 0 Å². The third-order valence-electron chi connectivity index (χ3n) is 3.83. The van der Waals surface area contributed by atoms with Crippen molar-refractivity contribution in [2.45, 2.75) is 26.3 Å². The average Bonchev–Trinajstić information content (AvgIpc) is 3.18. The summed E-state index contributed by atoms with van der Waals surface area (Å²) in [6, 6.07) is 6.00. The summed E-state index contributed by atoms with van der Waals surface area (Å²) in [5, 5.41) is 6.17. The number of hydrogen-bond donors (Lipinski definition) is 0. The fraction of sp³-hybridized carbons (Fsp3) is 0.500. The Bertz CT molecular complexity index is 609. The molecule has 118 valence electrons. The molecule has 1 atom stereocenters. The van der Waals surface area contributed by atoms with Crippen molar-refractivity contribution in [3.8, 4) is 10.6 Å². The lowest BCUT2D eigenvalue weighted by molar-refractivity contribution is -0.150. The molecule has 0 radical (unpaired) electrons. The van der Waals surface area contributed by atoms with Gasteiger partial charge in [0.15, 0.2) is 5.76 Å². The van der Waals surface area contributed by atoms with E-state index in [0.717, 1.165) is 42.3 Å². The number of rotatable bonds is 5. The average molecular weight is 320 g/mol. The van der Waals surface area contributed by atoms with Crippen molar-refractivity contribution in [2.24, 2.45) is 5.92 Å². The highest BCUT2D eigenvalue weighted by Gasteiger charge is 2.27. The zero-order valence-electron chi connectivity index (χ0n) is 12.7. The van der Waals surface area contributed by atoms with Gasteiger partial charge in [-0.05, 0) is 37.8 Å². The summed E-state index contributed by atoms with van der Waals surface area (Å²) in [4.78, 5) is 15.2. The fourth-order valence-corrected chi connectivity index (χ4v) is 3.48. The van der Waals surface area contributed by atoms with Gasteiger partial charge in [0.2, 0.25) is 0 Å². The molecule has 0 amide bonds. The van der Waals surface area contributed by atoms with Crippen LogP contribution in [0, 0.1) is 5.92 Å². The summed E-state index contributed by atoms with van der Waals surface area (Å²) in [5.41, 5.74) is 0.910. The highest BCUT2D eigenvalue weighted by molar-refractivity contribution is 7.13. The standard InChI is InChI=1S/C16H20N2O3S/c1-2-20-16(19)12-5-3-7-18(10-12)11-13-9-14(21-17-13)15-6-4-8-22-15/h4,6,8-9,12H,2-3,5,7,10-11H2,1H3. The van der Waals surface area contributed by atoms with Crippen molar-refractivity contribution in [1.29, 1.82) is 0 Å². The van der Waals surface area contributed by atoms with Gasteiger partial charge >= 0.3 is 5.97 Å². The number of aromatic nitrogens is 1. The molecule has 0 aliphatic carbocycles. The number of carbonyl (C=O) groups is 1. The van der Waals surface area contributed by atoms with Crippen LogP contribution in [0.3, 0.4) is 0 Å². The summed E-state index contributed by atoms with van der Waals surface area (Å²) in [5.74, 6) is 0.716. The lowest BCUT2D eigenvalue weighted by Gasteiger charge is -2.30. The number of piperidine rings is 1. The summed E-state index contributed by atoms with van der Waals surface area (Å²) in [6.07, 6.45) is 1.92. The molecule has 1 aliphatic rings. The van der Waals surface area contributed by atoms with Gasteiger partial charge in [0.1, 0.15) is 0 Å². The van der Waals surface area contributed by atoms with Crippen LogP contribution in [0.25, 0.3) is 10.6 Å². The van der Waals surface area contributed by atoms with Crippen molar-refractivity contribution < 1.29 is 14.1 Å². The summed E-state index contributed by atoms with van der Waals surface area (Å²) in [7, 11) is 0. The quantitative estimate of drug-likeness (QED) is 0.792. The molecular formula is C16H20N2O3S. The van der Waals surface area contributed by atoms with Crippen LogP contribution in [-0.4, -0.2) is 35.7 Å². The van der Waals surface area contributed by atoms with E-state index in [1.54, 1.807) is 11.3 Å². The number of hydrogen-bond acceptors (Lipinski definition) is 6. The van der Waals surface area contributed by atoms with E-state index in [1.807, 2.05) is 30.5 Å². The van der Waals surface area contributed by atoms with Gasteiger partial charge in [-0.25, -0.2) is 0 Å². The third-order valence-corrected chi connectivity index (χ3v) is 4.72. The SMILES string of the molecule is CCOC(=O)C1CCCN(Cc2cc(-c3cccs3)on2)C1. The molecule has 1 aliphatic heterocycles. The molecule has 0 spiro atoms. The smallest absolute Gasteiger partial charge is 0.310 e. The van der Waals surface area contributed by atoms with E-state index in [0.29, 0.717) is 13.2 Å². The predicted octanol–water partition coefficient (Wildman–Crippen LogP) is 3.18. The molecule has 0 N–H and O–H groups in total.